The van der Waals surface area contributed by atoms with Gasteiger partial charge in [-0.3, -0.25) is 10.1 Å². The van der Waals surface area contributed by atoms with E-state index < -0.39 is 22.2 Å². The number of allylic oxidation sites excluding steroid dienone is 1. The smallest absolute Gasteiger partial charge is 0.344 e. The Labute approximate surface area is 136 Å². The van der Waals surface area contributed by atoms with Gasteiger partial charge in [0, 0.05) is 6.07 Å². The van der Waals surface area contributed by atoms with E-state index in [9.17, 15) is 14.9 Å². The van der Waals surface area contributed by atoms with Crippen LogP contribution in [-0.2, 0) is 0 Å². The lowest BCUT2D eigenvalue weighted by Gasteiger charge is -2.23. The van der Waals surface area contributed by atoms with Crippen LogP contribution in [0.4, 0.5) is 0 Å². The van der Waals surface area contributed by atoms with Crippen molar-refractivity contribution >= 4 is 0 Å². The number of methoxy groups -OCH3 is 1. The van der Waals surface area contributed by atoms with E-state index in [0.717, 1.165) is 0 Å². The number of hydrogen-bond acceptors (Lipinski definition) is 7. The molecule has 0 radical (unpaired) electrons. The zero-order valence-corrected chi connectivity index (χ0v) is 12.9. The first kappa shape index (κ1) is 15.6. The highest BCUT2D eigenvalue weighted by Crippen LogP contribution is 2.41. The van der Waals surface area contributed by atoms with Gasteiger partial charge in [-0.05, 0) is 24.6 Å². The molecule has 8 heteroatoms. The Bertz CT molecular complexity index is 898. The standard InChI is InChI=1S/C16H14N2O6/c1-8-7-11-13(16(19)23-8)12(14(18(20)21)15(17)24-11)9-3-5-10(22-2)6-4-9/h3-7,12H,17H2,1-2H3/t12-/m0/s1. The summed E-state index contributed by atoms with van der Waals surface area (Å²) in [6.07, 6.45) is 0. The summed E-state index contributed by atoms with van der Waals surface area (Å²) in [6, 6.07) is 8.04. The predicted octanol–water partition coefficient (Wildman–Crippen LogP) is 1.89. The van der Waals surface area contributed by atoms with E-state index in [-0.39, 0.29) is 17.2 Å². The van der Waals surface area contributed by atoms with Gasteiger partial charge >= 0.3 is 11.3 Å². The molecule has 0 amide bonds. The molecule has 2 aromatic rings. The first-order valence-electron chi connectivity index (χ1n) is 7.03. The van der Waals surface area contributed by atoms with E-state index >= 15 is 0 Å². The second kappa shape index (κ2) is 5.73. The highest BCUT2D eigenvalue weighted by atomic mass is 16.6. The summed E-state index contributed by atoms with van der Waals surface area (Å²) in [6.45, 7) is 1.58. The van der Waals surface area contributed by atoms with E-state index in [1.54, 1.807) is 31.2 Å². The minimum absolute atomic E-state index is 0.0478. The van der Waals surface area contributed by atoms with E-state index in [1.165, 1.54) is 13.2 Å². The fourth-order valence-electron chi connectivity index (χ4n) is 2.70. The molecule has 8 nitrogen and oxygen atoms in total. The monoisotopic (exact) mass is 330 g/mol. The largest absolute Gasteiger partial charge is 0.497 e. The normalized spacial score (nSPS) is 16.3. The van der Waals surface area contributed by atoms with E-state index in [4.69, 9.17) is 19.6 Å². The molecule has 0 saturated carbocycles. The quantitative estimate of drug-likeness (QED) is 0.674. The Morgan fingerprint density at radius 2 is 1.96 bits per heavy atom. The van der Waals surface area contributed by atoms with Crippen LogP contribution in [0.15, 0.2) is 51.1 Å². The second-order valence-electron chi connectivity index (χ2n) is 5.24. The highest BCUT2D eigenvalue weighted by molar-refractivity contribution is 5.49. The molecule has 2 heterocycles. The maximum absolute atomic E-state index is 12.3. The lowest BCUT2D eigenvalue weighted by atomic mass is 9.87. The second-order valence-corrected chi connectivity index (χ2v) is 5.24. The Balaban J connectivity index is 2.26. The van der Waals surface area contributed by atoms with E-state index in [1.807, 2.05) is 0 Å². The van der Waals surface area contributed by atoms with E-state index in [0.29, 0.717) is 17.1 Å². The summed E-state index contributed by atoms with van der Waals surface area (Å²) in [5.41, 5.74) is 5.19. The number of nitrogens with zero attached hydrogens (tertiary/aromatic N) is 1. The molecule has 1 atom stereocenters. The van der Waals surface area contributed by atoms with Gasteiger partial charge in [0.1, 0.15) is 23.2 Å². The number of nitrogens with two attached hydrogens (primary N) is 1. The summed E-state index contributed by atoms with van der Waals surface area (Å²) in [5.74, 6) is -0.274. The Morgan fingerprint density at radius 3 is 2.54 bits per heavy atom. The molecule has 1 aliphatic rings. The molecule has 0 unspecified atom stereocenters. The fraction of sp³-hybridized carbons (Fsp3) is 0.188. The van der Waals surface area contributed by atoms with Crippen molar-refractivity contribution in [2.75, 3.05) is 7.11 Å². The molecule has 2 N–H and O–H groups in total. The minimum atomic E-state index is -0.994. The molecule has 0 saturated heterocycles. The third-order valence-corrected chi connectivity index (χ3v) is 3.75. The van der Waals surface area contributed by atoms with Crippen LogP contribution in [0, 0.1) is 17.0 Å². The average Bonchev–Trinajstić information content (AvgIpc) is 2.53. The number of rotatable bonds is 3. The zero-order valence-electron chi connectivity index (χ0n) is 12.9. The molecule has 0 fully saturated rings. The molecule has 0 bridgehead atoms. The Kier molecular flexibility index (Phi) is 3.72. The van der Waals surface area contributed by atoms with Gasteiger partial charge in [0.2, 0.25) is 0 Å². The Hall–Kier alpha value is -3.29. The number of aryl methyl sites for hydroxylation is 1. The Morgan fingerprint density at radius 1 is 1.29 bits per heavy atom. The number of benzene rings is 1. The molecule has 1 aromatic heterocycles. The van der Waals surface area contributed by atoms with Crippen LogP contribution in [0.25, 0.3) is 0 Å². The molecule has 0 aliphatic carbocycles. The minimum Gasteiger partial charge on any atom is -0.497 e. The summed E-state index contributed by atoms with van der Waals surface area (Å²) in [5, 5.41) is 11.5. The topological polar surface area (TPSA) is 118 Å². The first-order valence-corrected chi connectivity index (χ1v) is 7.03. The van der Waals surface area contributed by atoms with Crippen molar-refractivity contribution in [2.24, 2.45) is 5.73 Å². The van der Waals surface area contributed by atoms with Crippen LogP contribution in [0.5, 0.6) is 11.5 Å². The first-order chi connectivity index (χ1) is 11.4. The number of fused-ring (bicyclic) bond motifs is 1. The van der Waals surface area contributed by atoms with Gasteiger partial charge in [-0.25, -0.2) is 4.79 Å². The van der Waals surface area contributed by atoms with Crippen LogP contribution in [0.1, 0.15) is 22.8 Å². The number of nitro groups is 1. The molecule has 124 valence electrons. The van der Waals surface area contributed by atoms with Crippen LogP contribution in [0.3, 0.4) is 0 Å². The van der Waals surface area contributed by atoms with Crippen molar-refractivity contribution in [2.45, 2.75) is 12.8 Å². The molecule has 24 heavy (non-hydrogen) atoms. The van der Waals surface area contributed by atoms with Crippen LogP contribution < -0.4 is 20.8 Å². The lowest BCUT2D eigenvalue weighted by molar-refractivity contribution is -0.432. The molecular formula is C16H14N2O6. The zero-order chi connectivity index (χ0) is 17.4. The summed E-state index contributed by atoms with van der Waals surface area (Å²) in [7, 11) is 1.51. The average molecular weight is 330 g/mol. The van der Waals surface area contributed by atoms with Crippen molar-refractivity contribution in [1.29, 1.82) is 0 Å². The van der Waals surface area contributed by atoms with Crippen molar-refractivity contribution < 1.29 is 18.8 Å². The van der Waals surface area contributed by atoms with Crippen LogP contribution in [0.2, 0.25) is 0 Å². The van der Waals surface area contributed by atoms with Crippen molar-refractivity contribution in [3.05, 3.63) is 79.3 Å². The number of ether oxygens (including phenoxy) is 2. The maximum Gasteiger partial charge on any atom is 0.344 e. The van der Waals surface area contributed by atoms with E-state index in [2.05, 4.69) is 0 Å². The van der Waals surface area contributed by atoms with Crippen LogP contribution in [-0.4, -0.2) is 12.0 Å². The highest BCUT2D eigenvalue weighted by Gasteiger charge is 2.41. The van der Waals surface area contributed by atoms with Gasteiger partial charge in [0.05, 0.1) is 17.6 Å². The van der Waals surface area contributed by atoms with Gasteiger partial charge in [-0.1, -0.05) is 12.1 Å². The van der Waals surface area contributed by atoms with Gasteiger partial charge in [-0.15, -0.1) is 0 Å². The third-order valence-electron chi connectivity index (χ3n) is 3.75. The van der Waals surface area contributed by atoms with Crippen LogP contribution >= 0.6 is 0 Å². The molecule has 1 aliphatic heterocycles. The summed E-state index contributed by atoms with van der Waals surface area (Å²) < 4.78 is 15.5. The van der Waals surface area contributed by atoms with Crippen molar-refractivity contribution in [3.63, 3.8) is 0 Å². The maximum atomic E-state index is 12.3. The summed E-state index contributed by atoms with van der Waals surface area (Å²) in [4.78, 5) is 23.2. The third kappa shape index (κ3) is 2.47. The summed E-state index contributed by atoms with van der Waals surface area (Å²) >= 11 is 0. The lowest BCUT2D eigenvalue weighted by Crippen LogP contribution is -2.29. The predicted molar refractivity (Wildman–Crippen MR) is 83.4 cm³/mol. The SMILES string of the molecule is COc1ccc([C@@H]2C([N+](=O)[O-])=C(N)Oc3cc(C)oc(=O)c32)cc1. The van der Waals surface area contributed by atoms with Gasteiger partial charge in [0.15, 0.2) is 0 Å². The fourth-order valence-corrected chi connectivity index (χ4v) is 2.70. The molecular weight excluding hydrogens is 316 g/mol. The number of hydrogen-bond donors (Lipinski definition) is 1. The van der Waals surface area contributed by atoms with Gasteiger partial charge < -0.3 is 19.6 Å². The van der Waals surface area contributed by atoms with Crippen molar-refractivity contribution in [3.8, 4) is 11.5 Å². The van der Waals surface area contributed by atoms with Crippen molar-refractivity contribution in [1.82, 2.24) is 0 Å². The molecule has 0 spiro atoms. The molecule has 1 aromatic carbocycles. The van der Waals surface area contributed by atoms with Gasteiger partial charge in [0.25, 0.3) is 5.88 Å². The van der Waals surface area contributed by atoms with Gasteiger partial charge in [-0.2, -0.15) is 0 Å². The molecule has 3 rings (SSSR count).